The summed E-state index contributed by atoms with van der Waals surface area (Å²) in [6.07, 6.45) is 8.62. The van der Waals surface area contributed by atoms with E-state index < -0.39 is 11.8 Å². The summed E-state index contributed by atoms with van der Waals surface area (Å²) >= 11 is 1.75. The Morgan fingerprint density at radius 2 is 2.00 bits per heavy atom. The fourth-order valence-electron chi connectivity index (χ4n) is 5.28. The van der Waals surface area contributed by atoms with E-state index >= 15 is 0 Å². The number of aromatic amines is 1. The maximum absolute atomic E-state index is 13.4. The standard InChI is InChI=1S/C26H28N6O3S/c1-15-2-4-21(17-3-5-22-19(10-17)30-25(36-22)16-6-8-35-9-7-16)32(14-15)26(34)24(33)29-20-13-27-11-18-12-28-31-23(18)20/h3,5,10-13,15-16,21H,2,4,6-9,14H2,1H3,(H,28,31)(H,29,33). The highest BCUT2D eigenvalue weighted by Crippen LogP contribution is 2.38. The molecule has 0 saturated carbocycles. The summed E-state index contributed by atoms with van der Waals surface area (Å²) in [5.41, 5.74) is 3.07. The summed E-state index contributed by atoms with van der Waals surface area (Å²) in [7, 11) is 0. The van der Waals surface area contributed by atoms with E-state index in [1.165, 1.54) is 6.20 Å². The number of thiazole rings is 1. The summed E-state index contributed by atoms with van der Waals surface area (Å²) in [5, 5.41) is 11.5. The number of likely N-dealkylation sites (tertiary alicyclic amines) is 1. The normalized spacial score (nSPS) is 21.2. The van der Waals surface area contributed by atoms with Gasteiger partial charge in [0.05, 0.1) is 44.9 Å². The van der Waals surface area contributed by atoms with E-state index in [1.54, 1.807) is 28.6 Å². The number of pyridine rings is 1. The lowest BCUT2D eigenvalue weighted by Gasteiger charge is -2.38. The molecule has 2 saturated heterocycles. The van der Waals surface area contributed by atoms with Crippen LogP contribution in [0.2, 0.25) is 0 Å². The van der Waals surface area contributed by atoms with Gasteiger partial charge in [0.25, 0.3) is 0 Å². The predicted octanol–water partition coefficient (Wildman–Crippen LogP) is 4.40. The number of amides is 2. The van der Waals surface area contributed by atoms with Crippen molar-refractivity contribution in [3.05, 3.63) is 47.4 Å². The molecule has 2 unspecified atom stereocenters. The first-order chi connectivity index (χ1) is 17.6. The zero-order valence-electron chi connectivity index (χ0n) is 20.1. The first-order valence-corrected chi connectivity index (χ1v) is 13.3. The number of aromatic nitrogens is 4. The van der Waals surface area contributed by atoms with Crippen LogP contribution in [0.25, 0.3) is 21.1 Å². The molecule has 10 heteroatoms. The fourth-order valence-corrected chi connectivity index (χ4v) is 6.40. The van der Waals surface area contributed by atoms with Gasteiger partial charge >= 0.3 is 11.8 Å². The molecule has 0 radical (unpaired) electrons. The number of anilines is 1. The maximum Gasteiger partial charge on any atom is 0.314 e. The van der Waals surface area contributed by atoms with E-state index in [0.29, 0.717) is 29.6 Å². The summed E-state index contributed by atoms with van der Waals surface area (Å²) in [6, 6.07) is 6.12. The summed E-state index contributed by atoms with van der Waals surface area (Å²) in [4.78, 5) is 37.3. The number of benzene rings is 1. The lowest BCUT2D eigenvalue weighted by molar-refractivity contribution is -0.146. The molecule has 9 nitrogen and oxygen atoms in total. The molecule has 2 atom stereocenters. The number of carbonyl (C=O) groups is 2. The van der Waals surface area contributed by atoms with Gasteiger partial charge in [-0.1, -0.05) is 13.0 Å². The molecule has 2 aliphatic heterocycles. The Morgan fingerprint density at radius 3 is 2.86 bits per heavy atom. The number of rotatable bonds is 3. The third-order valence-corrected chi connectivity index (χ3v) is 8.46. The Morgan fingerprint density at radius 1 is 1.14 bits per heavy atom. The van der Waals surface area contributed by atoms with Gasteiger partial charge in [-0.15, -0.1) is 11.3 Å². The van der Waals surface area contributed by atoms with Gasteiger partial charge < -0.3 is 15.0 Å². The average molecular weight is 505 g/mol. The van der Waals surface area contributed by atoms with Crippen molar-refractivity contribution in [2.75, 3.05) is 25.1 Å². The van der Waals surface area contributed by atoms with Crippen LogP contribution >= 0.6 is 11.3 Å². The Bertz CT molecular complexity index is 1430. The number of carbonyl (C=O) groups excluding carboxylic acids is 2. The van der Waals surface area contributed by atoms with Crippen molar-refractivity contribution in [3.63, 3.8) is 0 Å². The molecule has 2 fully saturated rings. The van der Waals surface area contributed by atoms with Crippen LogP contribution in [0.5, 0.6) is 0 Å². The van der Waals surface area contributed by atoms with Crippen molar-refractivity contribution in [3.8, 4) is 0 Å². The highest BCUT2D eigenvalue weighted by molar-refractivity contribution is 7.18. The van der Waals surface area contributed by atoms with Crippen molar-refractivity contribution < 1.29 is 14.3 Å². The van der Waals surface area contributed by atoms with Crippen LogP contribution in [0.1, 0.15) is 55.1 Å². The SMILES string of the molecule is CC1CCC(c2ccc3sc(C4CCOCC4)nc3c2)N(C(=O)C(=O)Nc2cncc3cn[nH]c23)C1. The third kappa shape index (κ3) is 4.35. The van der Waals surface area contributed by atoms with Crippen LogP contribution in [0.3, 0.4) is 0 Å². The number of nitrogens with one attached hydrogen (secondary N) is 2. The second-order valence-corrected chi connectivity index (χ2v) is 10.9. The quantitative estimate of drug-likeness (QED) is 0.400. The molecule has 5 heterocycles. The highest BCUT2D eigenvalue weighted by Gasteiger charge is 2.35. The summed E-state index contributed by atoms with van der Waals surface area (Å²) in [6.45, 7) is 4.23. The Kier molecular flexibility index (Phi) is 6.14. The van der Waals surface area contributed by atoms with Crippen molar-refractivity contribution in [2.45, 2.75) is 44.6 Å². The molecule has 3 aromatic heterocycles. The summed E-state index contributed by atoms with van der Waals surface area (Å²) in [5.74, 6) is -0.441. The van der Waals surface area contributed by atoms with E-state index in [1.807, 2.05) is 0 Å². The lowest BCUT2D eigenvalue weighted by Crippen LogP contribution is -2.46. The van der Waals surface area contributed by atoms with Crippen molar-refractivity contribution in [1.82, 2.24) is 25.1 Å². The minimum atomic E-state index is -0.672. The predicted molar refractivity (Wildman–Crippen MR) is 138 cm³/mol. The maximum atomic E-state index is 13.4. The molecular formula is C26H28N6O3S. The molecule has 2 N–H and O–H groups in total. The van der Waals surface area contributed by atoms with Gasteiger partial charge in [0.1, 0.15) is 0 Å². The summed E-state index contributed by atoms with van der Waals surface area (Å²) < 4.78 is 6.66. The number of hydrogen-bond acceptors (Lipinski definition) is 7. The Balaban J connectivity index is 1.25. The van der Waals surface area contributed by atoms with E-state index in [0.717, 1.165) is 65.1 Å². The molecular weight excluding hydrogens is 476 g/mol. The van der Waals surface area contributed by atoms with Crippen LogP contribution in [0, 0.1) is 5.92 Å². The molecule has 186 valence electrons. The van der Waals surface area contributed by atoms with Crippen LogP contribution in [0.15, 0.2) is 36.8 Å². The van der Waals surface area contributed by atoms with Gasteiger partial charge in [-0.05, 0) is 49.3 Å². The second kappa shape index (κ2) is 9.59. The monoisotopic (exact) mass is 504 g/mol. The van der Waals surface area contributed by atoms with Gasteiger partial charge in [0, 0.05) is 37.3 Å². The number of fused-ring (bicyclic) bond motifs is 2. The van der Waals surface area contributed by atoms with E-state index in [4.69, 9.17) is 9.72 Å². The smallest absolute Gasteiger partial charge is 0.314 e. The zero-order valence-corrected chi connectivity index (χ0v) is 20.9. The molecule has 0 aliphatic carbocycles. The third-order valence-electron chi connectivity index (χ3n) is 7.26. The fraction of sp³-hybridized carbons (Fsp3) is 0.423. The number of hydrogen-bond donors (Lipinski definition) is 2. The molecule has 2 aliphatic rings. The van der Waals surface area contributed by atoms with Crippen molar-refractivity contribution >= 4 is 50.0 Å². The van der Waals surface area contributed by atoms with Gasteiger partial charge in [0.15, 0.2) is 0 Å². The molecule has 1 aromatic carbocycles. The van der Waals surface area contributed by atoms with Crippen LogP contribution in [-0.2, 0) is 14.3 Å². The molecule has 0 bridgehead atoms. The molecule has 6 rings (SSSR count). The van der Waals surface area contributed by atoms with E-state index in [-0.39, 0.29) is 6.04 Å². The molecule has 36 heavy (non-hydrogen) atoms. The zero-order chi connectivity index (χ0) is 24.6. The van der Waals surface area contributed by atoms with Crippen LogP contribution in [-0.4, -0.2) is 56.6 Å². The minimum absolute atomic E-state index is 0.168. The van der Waals surface area contributed by atoms with Gasteiger partial charge in [-0.3, -0.25) is 19.7 Å². The molecule has 0 spiro atoms. The number of nitrogens with zero attached hydrogens (tertiary/aromatic N) is 4. The molecule has 4 aromatic rings. The Labute approximate surface area is 212 Å². The second-order valence-electron chi connectivity index (χ2n) is 9.80. The van der Waals surface area contributed by atoms with E-state index in [2.05, 4.69) is 45.6 Å². The van der Waals surface area contributed by atoms with Crippen LogP contribution in [0.4, 0.5) is 5.69 Å². The van der Waals surface area contributed by atoms with Crippen molar-refractivity contribution in [1.29, 1.82) is 0 Å². The Hall–Kier alpha value is -3.37. The highest BCUT2D eigenvalue weighted by atomic mass is 32.1. The van der Waals surface area contributed by atoms with E-state index in [9.17, 15) is 9.59 Å². The van der Waals surface area contributed by atoms with Crippen molar-refractivity contribution in [2.24, 2.45) is 5.92 Å². The lowest BCUT2D eigenvalue weighted by atomic mass is 9.89. The first kappa shape index (κ1) is 23.1. The number of piperidine rings is 1. The minimum Gasteiger partial charge on any atom is -0.381 e. The number of ether oxygens (including phenoxy) is 1. The average Bonchev–Trinajstić information content (AvgIpc) is 3.56. The largest absolute Gasteiger partial charge is 0.381 e. The number of H-pyrrole nitrogens is 1. The van der Waals surface area contributed by atoms with Crippen LogP contribution < -0.4 is 5.32 Å². The van der Waals surface area contributed by atoms with Gasteiger partial charge in [0.2, 0.25) is 0 Å². The van der Waals surface area contributed by atoms with Gasteiger partial charge in [-0.25, -0.2) is 4.98 Å². The first-order valence-electron chi connectivity index (χ1n) is 12.4. The molecule has 2 amide bonds. The van der Waals surface area contributed by atoms with Gasteiger partial charge in [-0.2, -0.15) is 5.10 Å². The topological polar surface area (TPSA) is 113 Å².